The number of carbonyl (C=O) groups is 1. The summed E-state index contributed by atoms with van der Waals surface area (Å²) in [5.74, 6) is 0.162. The van der Waals surface area contributed by atoms with Crippen molar-refractivity contribution in [1.82, 2.24) is 14.9 Å². The quantitative estimate of drug-likeness (QED) is 0.630. The van der Waals surface area contributed by atoms with Crippen LogP contribution in [0, 0.1) is 17.2 Å². The van der Waals surface area contributed by atoms with Crippen LogP contribution in [0.2, 0.25) is 0 Å². The number of hydrogen-bond acceptors (Lipinski definition) is 6. The Hall–Kier alpha value is -1.85. The minimum Gasteiger partial charge on any atom is -0.337 e. The molecule has 0 radical (unpaired) electrons. The smallest absolute Gasteiger partial charge is 0.272 e. The predicted octanol–water partition coefficient (Wildman–Crippen LogP) is 2.38. The predicted molar refractivity (Wildman–Crippen MR) is 95.2 cm³/mol. The minimum atomic E-state index is -0.799. The Balaban J connectivity index is 1.74. The van der Waals surface area contributed by atoms with E-state index in [1.54, 1.807) is 11.5 Å². The molecule has 1 saturated carbocycles. The van der Waals surface area contributed by atoms with Crippen molar-refractivity contribution >= 4 is 39.2 Å². The van der Waals surface area contributed by atoms with E-state index in [1.807, 2.05) is 18.4 Å². The van der Waals surface area contributed by atoms with E-state index in [2.05, 4.69) is 16.4 Å². The summed E-state index contributed by atoms with van der Waals surface area (Å²) in [5, 5.41) is 14.5. The van der Waals surface area contributed by atoms with Gasteiger partial charge in [-0.2, -0.15) is 5.26 Å². The van der Waals surface area contributed by atoms with Gasteiger partial charge in [-0.05, 0) is 44.1 Å². The molecule has 1 aliphatic rings. The Kier molecular flexibility index (Phi) is 4.65. The summed E-state index contributed by atoms with van der Waals surface area (Å²) in [6, 6.07) is 4.02. The fraction of sp³-hybridized carbons (Fsp3) is 0.500. The highest BCUT2D eigenvalue weighted by molar-refractivity contribution is 7.99. The van der Waals surface area contributed by atoms with Crippen molar-refractivity contribution in [3.05, 3.63) is 21.8 Å². The molecule has 0 bridgehead atoms. The van der Waals surface area contributed by atoms with Gasteiger partial charge in [0.05, 0.1) is 17.3 Å². The van der Waals surface area contributed by atoms with Crippen LogP contribution >= 0.6 is 23.1 Å². The van der Waals surface area contributed by atoms with Crippen molar-refractivity contribution in [2.24, 2.45) is 5.92 Å². The summed E-state index contributed by atoms with van der Waals surface area (Å²) in [4.78, 5) is 29.2. The van der Waals surface area contributed by atoms with Gasteiger partial charge >= 0.3 is 0 Å². The van der Waals surface area contributed by atoms with Gasteiger partial charge in [0.1, 0.15) is 10.2 Å². The third kappa shape index (κ3) is 3.19. The maximum absolute atomic E-state index is 12.4. The molecule has 3 rings (SSSR count). The molecule has 8 heteroatoms. The van der Waals surface area contributed by atoms with Gasteiger partial charge in [-0.3, -0.25) is 14.2 Å². The third-order valence-electron chi connectivity index (χ3n) is 4.20. The lowest BCUT2D eigenvalue weighted by atomic mass is 9.98. The SMILES string of the molecule is CCn1c(SCC(=O)NC(C)(C#N)C2CC2)nc2ccsc2c1=O. The van der Waals surface area contributed by atoms with E-state index in [0.29, 0.717) is 21.9 Å². The summed E-state index contributed by atoms with van der Waals surface area (Å²) in [7, 11) is 0. The number of hydrogen-bond donors (Lipinski definition) is 1. The fourth-order valence-electron chi connectivity index (χ4n) is 2.65. The number of nitrogens with one attached hydrogen (secondary N) is 1. The molecule has 0 saturated heterocycles. The zero-order valence-electron chi connectivity index (χ0n) is 13.5. The normalized spacial score (nSPS) is 16.5. The fourth-order valence-corrected chi connectivity index (χ4v) is 4.29. The number of aromatic nitrogens is 2. The Labute approximate surface area is 147 Å². The first-order chi connectivity index (χ1) is 11.5. The van der Waals surface area contributed by atoms with Crippen molar-refractivity contribution in [1.29, 1.82) is 5.26 Å². The average Bonchev–Trinajstić information content (AvgIpc) is 3.32. The van der Waals surface area contributed by atoms with Crippen LogP contribution in [-0.4, -0.2) is 26.8 Å². The standard InChI is InChI=1S/C16H18N4O2S2/c1-3-20-14(22)13-11(6-7-23-13)18-15(20)24-8-12(21)19-16(2,9-17)10-4-5-10/h6-7,10H,3-5,8H2,1-2H3,(H,19,21). The monoisotopic (exact) mass is 362 g/mol. The minimum absolute atomic E-state index is 0.0692. The first-order valence-electron chi connectivity index (χ1n) is 7.81. The van der Waals surface area contributed by atoms with Crippen LogP contribution in [-0.2, 0) is 11.3 Å². The lowest BCUT2D eigenvalue weighted by Gasteiger charge is -2.22. The summed E-state index contributed by atoms with van der Waals surface area (Å²) in [6.45, 7) is 4.15. The second kappa shape index (κ2) is 6.57. The van der Waals surface area contributed by atoms with E-state index in [4.69, 9.17) is 0 Å². The van der Waals surface area contributed by atoms with Crippen molar-refractivity contribution in [3.63, 3.8) is 0 Å². The summed E-state index contributed by atoms with van der Waals surface area (Å²) in [6.07, 6.45) is 1.95. The summed E-state index contributed by atoms with van der Waals surface area (Å²) < 4.78 is 2.22. The first-order valence-corrected chi connectivity index (χ1v) is 9.68. The second-order valence-corrected chi connectivity index (χ2v) is 7.86. The molecule has 24 heavy (non-hydrogen) atoms. The molecule has 1 aliphatic carbocycles. The Bertz CT molecular complexity index is 878. The van der Waals surface area contributed by atoms with E-state index < -0.39 is 5.54 Å². The molecular formula is C16H18N4O2S2. The number of amides is 1. The molecule has 126 valence electrons. The molecule has 1 atom stereocenters. The zero-order chi connectivity index (χ0) is 17.3. The number of thiophene rings is 1. The molecule has 2 aromatic heterocycles. The van der Waals surface area contributed by atoms with Crippen molar-refractivity contribution < 1.29 is 4.79 Å². The lowest BCUT2D eigenvalue weighted by Crippen LogP contribution is -2.47. The van der Waals surface area contributed by atoms with Crippen LogP contribution in [0.1, 0.15) is 26.7 Å². The second-order valence-electron chi connectivity index (χ2n) is 6.00. The molecule has 0 spiro atoms. The molecule has 0 aliphatic heterocycles. The van der Waals surface area contributed by atoms with Gasteiger partial charge in [0.25, 0.3) is 5.56 Å². The van der Waals surface area contributed by atoms with Gasteiger partial charge in [0.2, 0.25) is 5.91 Å². The zero-order valence-corrected chi connectivity index (χ0v) is 15.2. The van der Waals surface area contributed by atoms with Crippen LogP contribution in [0.3, 0.4) is 0 Å². The highest BCUT2D eigenvalue weighted by Crippen LogP contribution is 2.39. The number of rotatable bonds is 6. The lowest BCUT2D eigenvalue weighted by molar-refractivity contribution is -0.119. The maximum Gasteiger partial charge on any atom is 0.272 e. The van der Waals surface area contributed by atoms with E-state index in [0.717, 1.165) is 12.8 Å². The van der Waals surface area contributed by atoms with Crippen LogP contribution in [0.5, 0.6) is 0 Å². The van der Waals surface area contributed by atoms with Crippen molar-refractivity contribution in [2.45, 2.75) is 43.9 Å². The Morgan fingerprint density at radius 3 is 3.00 bits per heavy atom. The Morgan fingerprint density at radius 1 is 1.62 bits per heavy atom. The van der Waals surface area contributed by atoms with E-state index in [-0.39, 0.29) is 23.1 Å². The molecule has 0 aromatic carbocycles. The number of nitrogens with zero attached hydrogens (tertiary/aromatic N) is 3. The molecule has 1 unspecified atom stereocenters. The summed E-state index contributed by atoms with van der Waals surface area (Å²) in [5.41, 5.74) is -0.204. The third-order valence-corrected chi connectivity index (χ3v) is 6.07. The van der Waals surface area contributed by atoms with Crippen LogP contribution in [0.4, 0.5) is 0 Å². The molecule has 1 N–H and O–H groups in total. The van der Waals surface area contributed by atoms with Gasteiger partial charge in [0, 0.05) is 6.54 Å². The van der Waals surface area contributed by atoms with Crippen LogP contribution < -0.4 is 10.9 Å². The highest BCUT2D eigenvalue weighted by Gasteiger charge is 2.42. The molecule has 1 fully saturated rings. The highest BCUT2D eigenvalue weighted by atomic mass is 32.2. The van der Waals surface area contributed by atoms with Gasteiger partial charge in [-0.25, -0.2) is 4.98 Å². The van der Waals surface area contributed by atoms with Gasteiger partial charge in [-0.1, -0.05) is 11.8 Å². The van der Waals surface area contributed by atoms with Gasteiger partial charge < -0.3 is 5.32 Å². The van der Waals surface area contributed by atoms with E-state index in [9.17, 15) is 14.9 Å². The van der Waals surface area contributed by atoms with Crippen LogP contribution in [0.15, 0.2) is 21.4 Å². The molecular weight excluding hydrogens is 344 g/mol. The topological polar surface area (TPSA) is 87.8 Å². The average molecular weight is 362 g/mol. The number of fused-ring (bicyclic) bond motifs is 1. The van der Waals surface area contributed by atoms with Crippen molar-refractivity contribution in [3.8, 4) is 6.07 Å². The van der Waals surface area contributed by atoms with E-state index in [1.165, 1.54) is 23.1 Å². The largest absolute Gasteiger partial charge is 0.337 e. The first kappa shape index (κ1) is 17.0. The molecule has 1 amide bonds. The number of thioether (sulfide) groups is 1. The van der Waals surface area contributed by atoms with Crippen LogP contribution in [0.25, 0.3) is 10.2 Å². The Morgan fingerprint density at radius 2 is 2.38 bits per heavy atom. The molecule has 6 nitrogen and oxygen atoms in total. The van der Waals surface area contributed by atoms with Gasteiger partial charge in [0.15, 0.2) is 5.16 Å². The number of carbonyl (C=O) groups excluding carboxylic acids is 1. The van der Waals surface area contributed by atoms with Crippen molar-refractivity contribution in [2.75, 3.05) is 5.75 Å². The number of nitriles is 1. The van der Waals surface area contributed by atoms with E-state index >= 15 is 0 Å². The summed E-state index contributed by atoms with van der Waals surface area (Å²) >= 11 is 2.61. The van der Waals surface area contributed by atoms with Gasteiger partial charge in [-0.15, -0.1) is 11.3 Å². The maximum atomic E-state index is 12.4. The molecule has 2 heterocycles. The molecule has 2 aromatic rings.